The normalized spacial score (nSPS) is 24.4. The van der Waals surface area contributed by atoms with E-state index >= 15 is 0 Å². The number of nitrogens with zero attached hydrogens (tertiary/aromatic N) is 1. The van der Waals surface area contributed by atoms with Crippen LogP contribution in [0.1, 0.15) is 43.1 Å². The average Bonchev–Trinajstić information content (AvgIpc) is 2.66. The van der Waals surface area contributed by atoms with Crippen molar-refractivity contribution < 1.29 is 27.8 Å². The van der Waals surface area contributed by atoms with Gasteiger partial charge in [0.1, 0.15) is 23.0 Å². The molecule has 1 N–H and O–H groups in total. The first kappa shape index (κ1) is 21.5. The van der Waals surface area contributed by atoms with E-state index in [-0.39, 0.29) is 51.5 Å². The quantitative estimate of drug-likeness (QED) is 0.578. The minimum Gasteiger partial charge on any atom is -0.484 e. The van der Waals surface area contributed by atoms with Crippen LogP contribution in [0.25, 0.3) is 0 Å². The molecule has 3 fully saturated rings. The van der Waals surface area contributed by atoms with Crippen LogP contribution in [0.3, 0.4) is 0 Å². The summed E-state index contributed by atoms with van der Waals surface area (Å²) in [5.74, 6) is -0.573. The molecule has 3 aliphatic rings. The van der Waals surface area contributed by atoms with E-state index in [9.17, 15) is 18.4 Å². The Labute approximate surface area is 182 Å². The molecule has 0 saturated heterocycles. The van der Waals surface area contributed by atoms with Crippen LogP contribution in [0.4, 0.5) is 8.78 Å². The number of alkyl halides is 1. The van der Waals surface area contributed by atoms with Gasteiger partial charge in [0.25, 0.3) is 5.91 Å². The highest BCUT2D eigenvalue weighted by Gasteiger charge is 2.68. The number of carbonyl (C=O) groups is 2. The van der Waals surface area contributed by atoms with E-state index in [4.69, 9.17) is 21.1 Å². The third-order valence-electron chi connectivity index (χ3n) is 5.66. The Bertz CT molecular complexity index is 1010. The van der Waals surface area contributed by atoms with E-state index in [2.05, 4.69) is 10.3 Å². The molecule has 6 nitrogen and oxygen atoms in total. The number of aromatic nitrogens is 1. The van der Waals surface area contributed by atoms with Gasteiger partial charge in [0.15, 0.2) is 12.4 Å². The van der Waals surface area contributed by atoms with Crippen LogP contribution in [-0.4, -0.2) is 35.2 Å². The molecule has 9 heteroatoms. The Balaban J connectivity index is 1.24. The van der Waals surface area contributed by atoms with Crippen molar-refractivity contribution in [2.24, 2.45) is 5.41 Å². The fraction of sp³-hybridized carbons (Fsp3) is 0.409. The third kappa shape index (κ3) is 4.63. The molecule has 0 radical (unpaired) electrons. The van der Waals surface area contributed by atoms with Gasteiger partial charge in [0.05, 0.1) is 5.02 Å². The molecule has 1 amide bonds. The highest BCUT2D eigenvalue weighted by atomic mass is 35.5. The van der Waals surface area contributed by atoms with Gasteiger partial charge in [-0.15, -0.1) is 0 Å². The maximum atomic E-state index is 13.4. The van der Waals surface area contributed by atoms with Crippen molar-refractivity contribution in [1.82, 2.24) is 10.3 Å². The molecule has 1 aromatic carbocycles. The van der Waals surface area contributed by atoms with E-state index in [1.54, 1.807) is 0 Å². The van der Waals surface area contributed by atoms with Crippen LogP contribution in [0.2, 0.25) is 5.02 Å². The predicted molar refractivity (Wildman–Crippen MR) is 108 cm³/mol. The predicted octanol–water partition coefficient (Wildman–Crippen LogP) is 4.26. The number of carbonyl (C=O) groups excluding carboxylic acids is 2. The van der Waals surface area contributed by atoms with Crippen LogP contribution in [0.15, 0.2) is 36.5 Å². The molecule has 3 aliphatic carbocycles. The summed E-state index contributed by atoms with van der Waals surface area (Å²) < 4.78 is 36.7. The molecule has 1 unspecified atom stereocenters. The first-order valence-corrected chi connectivity index (χ1v) is 10.2. The Morgan fingerprint density at radius 2 is 1.97 bits per heavy atom. The van der Waals surface area contributed by atoms with Gasteiger partial charge in [0, 0.05) is 37.2 Å². The number of benzene rings is 1. The third-order valence-corrected chi connectivity index (χ3v) is 5.96. The zero-order chi connectivity index (χ0) is 22.2. The number of ether oxygens (including phenoxy) is 2. The fourth-order valence-electron chi connectivity index (χ4n) is 4.62. The van der Waals surface area contributed by atoms with Gasteiger partial charge in [-0.2, -0.15) is 0 Å². The summed E-state index contributed by atoms with van der Waals surface area (Å²) in [5, 5.41) is 2.93. The zero-order valence-corrected chi connectivity index (χ0v) is 17.5. The number of nitrogens with one attached hydrogen (secondary N) is 1. The summed E-state index contributed by atoms with van der Waals surface area (Å²) in [6.45, 7) is 1.02. The molecule has 3 saturated carbocycles. The summed E-state index contributed by atoms with van der Waals surface area (Å²) in [6.07, 6.45) is 2.35. The van der Waals surface area contributed by atoms with Gasteiger partial charge in [-0.25, -0.2) is 8.78 Å². The summed E-state index contributed by atoms with van der Waals surface area (Å²) in [4.78, 5) is 28.9. The number of hydrogen-bond acceptors (Lipinski definition) is 5. The topological polar surface area (TPSA) is 77.5 Å². The first-order chi connectivity index (χ1) is 14.7. The Kier molecular flexibility index (Phi) is 5.60. The summed E-state index contributed by atoms with van der Waals surface area (Å²) in [7, 11) is 0. The molecule has 0 aliphatic heterocycles. The Morgan fingerprint density at radius 1 is 1.23 bits per heavy atom. The molecule has 0 spiro atoms. The lowest BCUT2D eigenvalue weighted by Gasteiger charge is -2.70. The summed E-state index contributed by atoms with van der Waals surface area (Å²) in [5.41, 5.74) is -0.214. The second-order valence-corrected chi connectivity index (χ2v) is 8.77. The number of hydrogen-bond donors (Lipinski definition) is 1. The molecule has 1 heterocycles. The van der Waals surface area contributed by atoms with Gasteiger partial charge in [-0.1, -0.05) is 11.6 Å². The van der Waals surface area contributed by atoms with Crippen molar-refractivity contribution >= 4 is 23.3 Å². The lowest BCUT2D eigenvalue weighted by molar-refractivity contribution is -0.164. The minimum atomic E-state index is -1.48. The van der Waals surface area contributed by atoms with Gasteiger partial charge in [0.2, 0.25) is 6.36 Å². The zero-order valence-electron chi connectivity index (χ0n) is 16.8. The fourth-order valence-corrected chi connectivity index (χ4v) is 4.74. The SMILES string of the molecule is CC(F)Oc1ccnc(C(=O)CC23CC(NC(=O)COc4ccc(Cl)c(F)c4)(C2)C3)c1. The Hall–Kier alpha value is -2.74. The number of amides is 1. The smallest absolute Gasteiger partial charge is 0.258 e. The second kappa shape index (κ2) is 8.07. The summed E-state index contributed by atoms with van der Waals surface area (Å²) >= 11 is 5.62. The van der Waals surface area contributed by atoms with Crippen LogP contribution in [0.5, 0.6) is 11.5 Å². The van der Waals surface area contributed by atoms with E-state index in [1.807, 2.05) is 0 Å². The number of ketones is 1. The van der Waals surface area contributed by atoms with Gasteiger partial charge >= 0.3 is 0 Å². The molecule has 1 aromatic heterocycles. The van der Waals surface area contributed by atoms with Crippen molar-refractivity contribution in [1.29, 1.82) is 0 Å². The molecule has 5 rings (SSSR count). The highest BCUT2D eigenvalue weighted by Crippen LogP contribution is 2.69. The molecule has 1 atom stereocenters. The average molecular weight is 451 g/mol. The van der Waals surface area contributed by atoms with Crippen LogP contribution >= 0.6 is 11.6 Å². The van der Waals surface area contributed by atoms with E-state index in [0.29, 0.717) is 25.7 Å². The molecule has 2 aromatic rings. The number of pyridine rings is 1. The van der Waals surface area contributed by atoms with E-state index < -0.39 is 12.2 Å². The second-order valence-electron chi connectivity index (χ2n) is 8.36. The molecule has 31 heavy (non-hydrogen) atoms. The maximum Gasteiger partial charge on any atom is 0.258 e. The Morgan fingerprint density at radius 3 is 2.65 bits per heavy atom. The van der Waals surface area contributed by atoms with Gasteiger partial charge in [-0.3, -0.25) is 14.6 Å². The lowest BCUT2D eigenvalue weighted by Crippen LogP contribution is -2.75. The molecule has 2 bridgehead atoms. The van der Waals surface area contributed by atoms with Crippen molar-refractivity contribution in [3.63, 3.8) is 0 Å². The standard InChI is InChI=1S/C22H21ClF2N2O4/c1-13(24)31-15-4-5-26-18(7-15)19(28)8-21-10-22(11-21,12-21)27-20(29)9-30-14-2-3-16(23)17(25)6-14/h2-7,13H,8-12H2,1H3,(H,27,29). The molecular weight excluding hydrogens is 430 g/mol. The maximum absolute atomic E-state index is 13.4. The highest BCUT2D eigenvalue weighted by molar-refractivity contribution is 6.30. The van der Waals surface area contributed by atoms with Crippen LogP contribution < -0.4 is 14.8 Å². The van der Waals surface area contributed by atoms with Crippen LogP contribution in [-0.2, 0) is 4.79 Å². The van der Waals surface area contributed by atoms with Gasteiger partial charge in [-0.05, 0) is 42.9 Å². The molecule has 164 valence electrons. The van der Waals surface area contributed by atoms with Crippen molar-refractivity contribution in [2.45, 2.75) is 44.5 Å². The lowest BCUT2D eigenvalue weighted by atomic mass is 9.38. The number of Topliss-reactive ketones (excluding diaryl/α,β-unsaturated/α-hetero) is 1. The van der Waals surface area contributed by atoms with Crippen molar-refractivity contribution in [3.8, 4) is 11.5 Å². The van der Waals surface area contributed by atoms with Crippen molar-refractivity contribution in [2.75, 3.05) is 6.61 Å². The summed E-state index contributed by atoms with van der Waals surface area (Å²) in [6, 6.07) is 6.92. The number of halogens is 3. The van der Waals surface area contributed by atoms with Gasteiger partial charge < -0.3 is 14.8 Å². The van der Waals surface area contributed by atoms with Crippen LogP contribution in [0, 0.1) is 11.2 Å². The van der Waals surface area contributed by atoms with Crippen molar-refractivity contribution in [3.05, 3.63) is 53.1 Å². The monoisotopic (exact) mass is 450 g/mol. The van der Waals surface area contributed by atoms with E-state index in [1.165, 1.54) is 37.4 Å². The number of rotatable bonds is 9. The largest absolute Gasteiger partial charge is 0.484 e. The molecular formula is C22H21ClF2N2O4. The van der Waals surface area contributed by atoms with E-state index in [0.717, 1.165) is 6.07 Å². The first-order valence-electron chi connectivity index (χ1n) is 9.87. The minimum absolute atomic E-state index is 0.0167.